The van der Waals surface area contributed by atoms with Crippen LogP contribution in [0, 0.1) is 0 Å². The molecule has 0 radical (unpaired) electrons. The molecule has 2 atom stereocenters. The van der Waals surface area contributed by atoms with Gasteiger partial charge in [0.15, 0.2) is 20.8 Å². The van der Waals surface area contributed by atoms with Gasteiger partial charge >= 0.3 is 0 Å². The van der Waals surface area contributed by atoms with Crippen LogP contribution in [0.25, 0.3) is 0 Å². The average Bonchev–Trinajstić information content (AvgIpc) is 3.29. The molecule has 3 heterocycles. The summed E-state index contributed by atoms with van der Waals surface area (Å²) in [5, 5.41) is 2.25. The van der Waals surface area contributed by atoms with E-state index in [1.807, 2.05) is 28.5 Å². The van der Waals surface area contributed by atoms with Crippen molar-refractivity contribution in [3.8, 4) is 0 Å². The highest BCUT2D eigenvalue weighted by Crippen LogP contribution is 2.41. The van der Waals surface area contributed by atoms with Gasteiger partial charge in [-0.25, -0.2) is 8.42 Å². The smallest absolute Gasteiger partial charge is 0.253 e. The van der Waals surface area contributed by atoms with Crippen LogP contribution < -0.4 is 4.90 Å². The van der Waals surface area contributed by atoms with Gasteiger partial charge in [0.25, 0.3) is 5.91 Å². The molecular formula is C19H18N2O4S3. The molecule has 0 bridgehead atoms. The minimum absolute atomic E-state index is 0.0209. The van der Waals surface area contributed by atoms with Crippen LogP contribution in [0.15, 0.2) is 46.8 Å². The second kappa shape index (κ2) is 7.46. The third kappa shape index (κ3) is 3.92. The van der Waals surface area contributed by atoms with E-state index in [4.69, 9.17) is 0 Å². The number of nitrogens with zero attached hydrogens (tertiary/aromatic N) is 2. The maximum atomic E-state index is 12.5. The Hall–Kier alpha value is -1.97. The number of hydrogen-bond acceptors (Lipinski definition) is 6. The fraction of sp³-hybridized carbons (Fsp3) is 0.316. The lowest BCUT2D eigenvalue weighted by atomic mass is 10.1. The van der Waals surface area contributed by atoms with Crippen molar-refractivity contribution in [2.45, 2.75) is 24.6 Å². The number of anilines is 1. The Morgan fingerprint density at radius 2 is 2.04 bits per heavy atom. The Kier molecular flexibility index (Phi) is 5.15. The number of carbonyl (C=O) groups is 2. The summed E-state index contributed by atoms with van der Waals surface area (Å²) in [6.07, 6.45) is 0.219. The van der Waals surface area contributed by atoms with Gasteiger partial charge in [0.2, 0.25) is 0 Å². The Balaban J connectivity index is 1.69. The largest absolute Gasteiger partial charge is 0.316 e. The van der Waals surface area contributed by atoms with Crippen LogP contribution in [0.3, 0.4) is 0 Å². The average molecular weight is 435 g/mol. The molecule has 2 aromatic rings. The number of hydrogen-bond donors (Lipinski definition) is 0. The number of fused-ring (bicyclic) bond motifs is 1. The van der Waals surface area contributed by atoms with Gasteiger partial charge in [-0.15, -0.1) is 11.3 Å². The van der Waals surface area contributed by atoms with Gasteiger partial charge in [0.05, 0.1) is 24.0 Å². The van der Waals surface area contributed by atoms with Crippen molar-refractivity contribution >= 4 is 55.5 Å². The second-order valence-corrected chi connectivity index (χ2v) is 11.2. The topological polar surface area (TPSA) is 83.9 Å². The number of sulfone groups is 1. The van der Waals surface area contributed by atoms with E-state index in [-0.39, 0.29) is 40.9 Å². The molecule has 146 valence electrons. The molecule has 2 unspecified atom stereocenters. The number of Topliss-reactive ketones (excluding diaryl/α,β-unsaturated/α-hetero) is 1. The summed E-state index contributed by atoms with van der Waals surface area (Å²) in [6.45, 7) is 1.49. The maximum absolute atomic E-state index is 12.5. The Bertz CT molecular complexity index is 1060. The maximum Gasteiger partial charge on any atom is 0.253 e. The summed E-state index contributed by atoms with van der Waals surface area (Å²) in [5.74, 6) is -0.242. The van der Waals surface area contributed by atoms with Crippen LogP contribution >= 0.6 is 23.1 Å². The lowest BCUT2D eigenvalue weighted by Crippen LogP contribution is -2.37. The van der Waals surface area contributed by atoms with Crippen molar-refractivity contribution in [3.05, 3.63) is 52.2 Å². The van der Waals surface area contributed by atoms with E-state index in [0.29, 0.717) is 16.4 Å². The number of thiophene rings is 1. The quantitative estimate of drug-likeness (QED) is 0.688. The number of rotatable bonds is 4. The van der Waals surface area contributed by atoms with Crippen molar-refractivity contribution < 1.29 is 18.0 Å². The summed E-state index contributed by atoms with van der Waals surface area (Å²) < 4.78 is 24.3. The molecule has 4 rings (SSSR count). The zero-order chi connectivity index (χ0) is 19.9. The minimum atomic E-state index is -3.13. The van der Waals surface area contributed by atoms with Gasteiger partial charge in [-0.1, -0.05) is 30.0 Å². The summed E-state index contributed by atoms with van der Waals surface area (Å²) >= 11 is 2.84. The van der Waals surface area contributed by atoms with E-state index in [1.165, 1.54) is 30.0 Å². The number of aliphatic imine (C=N–C) groups is 1. The lowest BCUT2D eigenvalue weighted by molar-refractivity contribution is -0.117. The van der Waals surface area contributed by atoms with Crippen molar-refractivity contribution in [1.82, 2.24) is 0 Å². The van der Waals surface area contributed by atoms with Gasteiger partial charge in [-0.2, -0.15) is 4.99 Å². The Labute approximate surface area is 171 Å². The van der Waals surface area contributed by atoms with E-state index in [2.05, 4.69) is 4.99 Å². The molecule has 2 aliphatic rings. The summed E-state index contributed by atoms with van der Waals surface area (Å²) in [7, 11) is -3.13. The lowest BCUT2D eigenvalue weighted by Gasteiger charge is -2.24. The molecule has 9 heteroatoms. The normalized spacial score (nSPS) is 24.5. The van der Waals surface area contributed by atoms with Crippen molar-refractivity contribution in [1.29, 1.82) is 0 Å². The Morgan fingerprint density at radius 1 is 1.21 bits per heavy atom. The predicted octanol–water partition coefficient (Wildman–Crippen LogP) is 2.79. The molecule has 2 saturated heterocycles. The van der Waals surface area contributed by atoms with E-state index >= 15 is 0 Å². The van der Waals surface area contributed by atoms with Crippen LogP contribution in [-0.4, -0.2) is 48.1 Å². The number of amides is 1. The molecule has 1 aromatic heterocycles. The van der Waals surface area contributed by atoms with Gasteiger partial charge < -0.3 is 4.90 Å². The standard InChI is InChI=1S/C19H18N2O4S3/c1-12(22)13-4-2-5-14(8-13)21-16-10-28(24,25)11-17(16)27-19(21)20-18(23)9-15-6-3-7-26-15/h2-8,16-17H,9-11H2,1H3. The number of amidine groups is 1. The fourth-order valence-corrected chi connectivity index (χ4v) is 8.08. The first-order valence-electron chi connectivity index (χ1n) is 8.73. The minimum Gasteiger partial charge on any atom is -0.316 e. The molecule has 0 saturated carbocycles. The highest BCUT2D eigenvalue weighted by molar-refractivity contribution is 8.16. The van der Waals surface area contributed by atoms with Crippen LogP contribution in [-0.2, 0) is 21.1 Å². The van der Waals surface area contributed by atoms with Crippen LogP contribution in [0.1, 0.15) is 22.2 Å². The molecular weight excluding hydrogens is 416 g/mol. The molecule has 1 amide bonds. The highest BCUT2D eigenvalue weighted by atomic mass is 32.2. The molecule has 28 heavy (non-hydrogen) atoms. The third-order valence-corrected chi connectivity index (χ3v) is 8.81. The molecule has 0 N–H and O–H groups in total. The van der Waals surface area contributed by atoms with Gasteiger partial charge in [0.1, 0.15) is 0 Å². The molecule has 6 nitrogen and oxygen atoms in total. The van der Waals surface area contributed by atoms with Crippen LogP contribution in [0.4, 0.5) is 5.69 Å². The molecule has 0 aliphatic carbocycles. The van der Waals surface area contributed by atoms with Gasteiger partial charge in [-0.05, 0) is 30.5 Å². The second-order valence-electron chi connectivity index (χ2n) is 6.82. The van der Waals surface area contributed by atoms with E-state index in [0.717, 1.165) is 4.88 Å². The monoisotopic (exact) mass is 434 g/mol. The van der Waals surface area contributed by atoms with E-state index in [1.54, 1.807) is 18.2 Å². The number of ketones is 1. The number of carbonyl (C=O) groups excluding carboxylic acids is 2. The number of thioether (sulfide) groups is 1. The SMILES string of the molecule is CC(=O)c1cccc(N2C(=NC(=O)Cc3cccs3)SC3CS(=O)(=O)CC32)c1. The zero-order valence-corrected chi connectivity index (χ0v) is 17.5. The summed E-state index contributed by atoms with van der Waals surface area (Å²) in [5.41, 5.74) is 1.23. The molecule has 2 fully saturated rings. The highest BCUT2D eigenvalue weighted by Gasteiger charge is 2.49. The van der Waals surface area contributed by atoms with Crippen molar-refractivity contribution in [2.24, 2.45) is 4.99 Å². The fourth-order valence-electron chi connectivity index (χ4n) is 3.45. The predicted molar refractivity (Wildman–Crippen MR) is 113 cm³/mol. The molecule has 1 aromatic carbocycles. The first-order valence-corrected chi connectivity index (χ1v) is 12.3. The van der Waals surface area contributed by atoms with Gasteiger partial charge in [-0.3, -0.25) is 9.59 Å². The number of benzene rings is 1. The summed E-state index contributed by atoms with van der Waals surface area (Å²) in [6, 6.07) is 10.5. The molecule has 0 spiro atoms. The zero-order valence-electron chi connectivity index (χ0n) is 15.1. The van der Waals surface area contributed by atoms with Gasteiger partial charge in [0, 0.05) is 21.4 Å². The van der Waals surface area contributed by atoms with Crippen molar-refractivity contribution in [2.75, 3.05) is 16.4 Å². The first-order chi connectivity index (χ1) is 13.3. The molecule has 2 aliphatic heterocycles. The van der Waals surface area contributed by atoms with E-state index in [9.17, 15) is 18.0 Å². The van der Waals surface area contributed by atoms with Crippen molar-refractivity contribution in [3.63, 3.8) is 0 Å². The van der Waals surface area contributed by atoms with Crippen LogP contribution in [0.2, 0.25) is 0 Å². The van der Waals surface area contributed by atoms with Crippen LogP contribution in [0.5, 0.6) is 0 Å². The third-order valence-electron chi connectivity index (χ3n) is 4.72. The summed E-state index contributed by atoms with van der Waals surface area (Å²) in [4.78, 5) is 31.3. The Morgan fingerprint density at radius 3 is 2.75 bits per heavy atom. The first kappa shape index (κ1) is 19.4. The van der Waals surface area contributed by atoms with E-state index < -0.39 is 9.84 Å².